The number of rotatable bonds is 4. The Labute approximate surface area is 116 Å². The number of benzene rings is 1. The highest BCUT2D eigenvalue weighted by molar-refractivity contribution is 9.10. The predicted molar refractivity (Wildman–Crippen MR) is 76.4 cm³/mol. The van der Waals surface area contributed by atoms with Crippen molar-refractivity contribution in [3.05, 3.63) is 40.2 Å². The molecule has 3 nitrogen and oxygen atoms in total. The first-order valence-electron chi connectivity index (χ1n) is 6.00. The summed E-state index contributed by atoms with van der Waals surface area (Å²) in [6.45, 7) is 7.00. The van der Waals surface area contributed by atoms with Crippen LogP contribution in [0.2, 0.25) is 0 Å². The molecule has 1 aromatic heterocycles. The fourth-order valence-corrected chi connectivity index (χ4v) is 2.04. The smallest absolute Gasteiger partial charge is 0.227 e. The highest BCUT2D eigenvalue weighted by Crippen LogP contribution is 2.28. The van der Waals surface area contributed by atoms with Gasteiger partial charge < -0.3 is 9.73 Å². The lowest BCUT2D eigenvalue weighted by Crippen LogP contribution is -2.21. The maximum absolute atomic E-state index is 5.54. The SMILES string of the molecule is Cc1ccc(Br)c(-c2nc(CNC(C)C)co2)c1. The standard InChI is InChI=1S/C14H17BrN2O/c1-9(2)16-7-11-8-18-14(17-11)12-6-10(3)4-5-13(12)15/h4-6,8-9,16H,7H2,1-3H3. The van der Waals surface area contributed by atoms with Crippen molar-refractivity contribution in [1.29, 1.82) is 0 Å². The molecule has 18 heavy (non-hydrogen) atoms. The molecular formula is C14H17BrN2O. The highest BCUT2D eigenvalue weighted by atomic mass is 79.9. The number of oxazole rings is 1. The molecule has 0 aliphatic heterocycles. The van der Waals surface area contributed by atoms with E-state index in [4.69, 9.17) is 4.42 Å². The number of hydrogen-bond donors (Lipinski definition) is 1. The normalized spacial score (nSPS) is 11.2. The molecule has 0 fully saturated rings. The van der Waals surface area contributed by atoms with Crippen LogP contribution in [0, 0.1) is 6.92 Å². The molecule has 0 amide bonds. The van der Waals surface area contributed by atoms with Gasteiger partial charge in [-0.25, -0.2) is 4.98 Å². The predicted octanol–water partition coefficient (Wildman–Crippen LogP) is 3.91. The van der Waals surface area contributed by atoms with E-state index in [2.05, 4.69) is 59.1 Å². The summed E-state index contributed by atoms with van der Waals surface area (Å²) in [7, 11) is 0. The van der Waals surface area contributed by atoms with Gasteiger partial charge in [0, 0.05) is 17.1 Å². The largest absolute Gasteiger partial charge is 0.444 e. The topological polar surface area (TPSA) is 38.1 Å². The molecule has 0 radical (unpaired) electrons. The van der Waals surface area contributed by atoms with E-state index in [-0.39, 0.29) is 0 Å². The summed E-state index contributed by atoms with van der Waals surface area (Å²) in [5.74, 6) is 0.658. The van der Waals surface area contributed by atoms with Crippen LogP contribution >= 0.6 is 15.9 Å². The van der Waals surface area contributed by atoms with Crippen LogP contribution in [-0.2, 0) is 6.54 Å². The molecule has 0 saturated heterocycles. The van der Waals surface area contributed by atoms with E-state index < -0.39 is 0 Å². The van der Waals surface area contributed by atoms with Crippen LogP contribution in [0.25, 0.3) is 11.5 Å². The van der Waals surface area contributed by atoms with Gasteiger partial charge in [0.1, 0.15) is 6.26 Å². The zero-order valence-electron chi connectivity index (χ0n) is 10.8. The Morgan fingerprint density at radius 1 is 1.39 bits per heavy atom. The Kier molecular flexibility index (Phi) is 4.19. The van der Waals surface area contributed by atoms with Crippen molar-refractivity contribution in [1.82, 2.24) is 10.3 Å². The van der Waals surface area contributed by atoms with E-state index in [1.807, 2.05) is 6.07 Å². The third kappa shape index (κ3) is 3.21. The van der Waals surface area contributed by atoms with Crippen LogP contribution in [0.1, 0.15) is 25.1 Å². The van der Waals surface area contributed by atoms with Gasteiger partial charge in [0.15, 0.2) is 0 Å². The van der Waals surface area contributed by atoms with Crippen molar-refractivity contribution in [2.45, 2.75) is 33.4 Å². The second-order valence-corrected chi connectivity index (χ2v) is 5.52. The van der Waals surface area contributed by atoms with Crippen molar-refractivity contribution in [2.24, 2.45) is 0 Å². The molecule has 0 saturated carbocycles. The summed E-state index contributed by atoms with van der Waals surface area (Å²) in [4.78, 5) is 4.50. The van der Waals surface area contributed by atoms with Gasteiger partial charge in [0.25, 0.3) is 0 Å². The number of aryl methyl sites for hydroxylation is 1. The molecule has 0 atom stereocenters. The Morgan fingerprint density at radius 3 is 2.89 bits per heavy atom. The summed E-state index contributed by atoms with van der Waals surface area (Å²) in [5, 5.41) is 3.32. The molecule has 96 valence electrons. The van der Waals surface area contributed by atoms with Crippen LogP contribution < -0.4 is 5.32 Å². The summed E-state index contributed by atoms with van der Waals surface area (Å²) in [6.07, 6.45) is 1.71. The molecule has 2 aromatic rings. The van der Waals surface area contributed by atoms with Crippen LogP contribution in [0.3, 0.4) is 0 Å². The summed E-state index contributed by atoms with van der Waals surface area (Å²) in [5.41, 5.74) is 3.10. The molecule has 1 N–H and O–H groups in total. The number of nitrogens with zero attached hydrogens (tertiary/aromatic N) is 1. The van der Waals surface area contributed by atoms with E-state index >= 15 is 0 Å². The number of aromatic nitrogens is 1. The Balaban J connectivity index is 2.21. The van der Waals surface area contributed by atoms with Crippen molar-refractivity contribution in [2.75, 3.05) is 0 Å². The van der Waals surface area contributed by atoms with Crippen LogP contribution in [0.4, 0.5) is 0 Å². The van der Waals surface area contributed by atoms with Gasteiger partial charge in [-0.1, -0.05) is 25.5 Å². The Bertz CT molecular complexity index is 534. The first-order valence-corrected chi connectivity index (χ1v) is 6.80. The number of hydrogen-bond acceptors (Lipinski definition) is 3. The van der Waals surface area contributed by atoms with Crippen molar-refractivity contribution < 1.29 is 4.42 Å². The third-order valence-corrected chi connectivity index (χ3v) is 3.29. The second kappa shape index (κ2) is 5.67. The van der Waals surface area contributed by atoms with Crippen molar-refractivity contribution >= 4 is 15.9 Å². The minimum absolute atomic E-state index is 0.441. The van der Waals surface area contributed by atoms with Crippen molar-refractivity contribution in [3.8, 4) is 11.5 Å². The van der Waals surface area contributed by atoms with Gasteiger partial charge in [-0.3, -0.25) is 0 Å². The third-order valence-electron chi connectivity index (χ3n) is 2.60. The minimum atomic E-state index is 0.441. The van der Waals surface area contributed by atoms with Gasteiger partial charge in [-0.2, -0.15) is 0 Å². The zero-order chi connectivity index (χ0) is 13.1. The van der Waals surface area contributed by atoms with Gasteiger partial charge in [0.05, 0.1) is 11.3 Å². The Morgan fingerprint density at radius 2 is 2.17 bits per heavy atom. The van der Waals surface area contributed by atoms with E-state index in [0.717, 1.165) is 22.3 Å². The number of halogens is 1. The fraction of sp³-hybridized carbons (Fsp3) is 0.357. The second-order valence-electron chi connectivity index (χ2n) is 4.66. The van der Waals surface area contributed by atoms with Gasteiger partial charge in [0.2, 0.25) is 5.89 Å². The van der Waals surface area contributed by atoms with Gasteiger partial charge in [-0.15, -0.1) is 0 Å². The Hall–Kier alpha value is -1.13. The van der Waals surface area contributed by atoms with E-state index in [1.165, 1.54) is 5.56 Å². The maximum atomic E-state index is 5.54. The van der Waals surface area contributed by atoms with E-state index in [1.54, 1.807) is 6.26 Å². The molecule has 0 aliphatic rings. The van der Waals surface area contributed by atoms with Gasteiger partial charge >= 0.3 is 0 Å². The molecule has 0 aliphatic carbocycles. The monoisotopic (exact) mass is 308 g/mol. The van der Waals surface area contributed by atoms with Gasteiger partial charge in [-0.05, 0) is 35.0 Å². The van der Waals surface area contributed by atoms with Crippen molar-refractivity contribution in [3.63, 3.8) is 0 Å². The molecule has 0 spiro atoms. The molecule has 1 heterocycles. The number of nitrogens with one attached hydrogen (secondary N) is 1. The van der Waals surface area contributed by atoms with E-state index in [9.17, 15) is 0 Å². The lowest BCUT2D eigenvalue weighted by atomic mass is 10.1. The first-order chi connectivity index (χ1) is 8.56. The fourth-order valence-electron chi connectivity index (χ4n) is 1.62. The molecule has 4 heteroatoms. The lowest BCUT2D eigenvalue weighted by molar-refractivity contribution is 0.560. The minimum Gasteiger partial charge on any atom is -0.444 e. The van der Waals surface area contributed by atoms with E-state index in [0.29, 0.717) is 11.9 Å². The summed E-state index contributed by atoms with van der Waals surface area (Å²) in [6, 6.07) is 6.57. The quantitative estimate of drug-likeness (QED) is 0.930. The summed E-state index contributed by atoms with van der Waals surface area (Å²) < 4.78 is 6.54. The van der Waals surface area contributed by atoms with Crippen LogP contribution in [0.15, 0.2) is 33.4 Å². The maximum Gasteiger partial charge on any atom is 0.227 e. The molecule has 1 aromatic carbocycles. The highest BCUT2D eigenvalue weighted by Gasteiger charge is 2.10. The summed E-state index contributed by atoms with van der Waals surface area (Å²) >= 11 is 3.52. The average molecular weight is 309 g/mol. The first kappa shape index (κ1) is 13.3. The lowest BCUT2D eigenvalue weighted by Gasteiger charge is -2.04. The van der Waals surface area contributed by atoms with Crippen LogP contribution in [-0.4, -0.2) is 11.0 Å². The zero-order valence-corrected chi connectivity index (χ0v) is 12.4. The molecule has 2 rings (SSSR count). The average Bonchev–Trinajstić information content (AvgIpc) is 2.78. The molecule has 0 bridgehead atoms. The van der Waals surface area contributed by atoms with Crippen LogP contribution in [0.5, 0.6) is 0 Å². The molecular weight excluding hydrogens is 292 g/mol. The molecule has 0 unspecified atom stereocenters.